The summed E-state index contributed by atoms with van der Waals surface area (Å²) in [6.45, 7) is 1.04. The van der Waals surface area contributed by atoms with Gasteiger partial charge < -0.3 is 19.7 Å². The lowest BCUT2D eigenvalue weighted by Gasteiger charge is -2.28. The van der Waals surface area contributed by atoms with Gasteiger partial charge in [0.05, 0.1) is 19.9 Å². The minimum atomic E-state index is -0.145. The fourth-order valence-electron chi connectivity index (χ4n) is 3.83. The van der Waals surface area contributed by atoms with Crippen LogP contribution in [0.5, 0.6) is 11.8 Å². The second-order valence-corrected chi connectivity index (χ2v) is 7.72. The standard InChI is InChI=1S/C21H27N5O4/c1-25-17-10-11-26(21(28)14-6-9-19(29-2)23-20(14)30-3)12-15(17)16(24-25)7-8-18(27)22-13-4-5-13/h6,9,13H,4-5,7-8,10-12H2,1-3H3,(H,22,27). The minimum absolute atomic E-state index is 0.0645. The Bertz CT molecular complexity index is 967. The molecule has 2 amide bonds. The summed E-state index contributed by atoms with van der Waals surface area (Å²) in [6.07, 6.45) is 3.84. The van der Waals surface area contributed by atoms with Crippen molar-refractivity contribution in [3.05, 3.63) is 34.6 Å². The van der Waals surface area contributed by atoms with E-state index in [0.29, 0.717) is 49.8 Å². The van der Waals surface area contributed by atoms with Crippen molar-refractivity contribution in [3.63, 3.8) is 0 Å². The molecule has 1 aliphatic carbocycles. The molecule has 9 heteroatoms. The number of amides is 2. The molecule has 2 aromatic heterocycles. The highest BCUT2D eigenvalue weighted by Gasteiger charge is 2.29. The number of aryl methyl sites for hydroxylation is 2. The van der Waals surface area contributed by atoms with Crippen molar-refractivity contribution in [2.45, 2.75) is 44.7 Å². The molecule has 0 aromatic carbocycles. The molecule has 0 unspecified atom stereocenters. The summed E-state index contributed by atoms with van der Waals surface area (Å²) in [5, 5.41) is 7.64. The third-order valence-electron chi connectivity index (χ3n) is 5.61. The van der Waals surface area contributed by atoms with Crippen molar-refractivity contribution in [1.29, 1.82) is 0 Å². The van der Waals surface area contributed by atoms with Gasteiger partial charge >= 0.3 is 0 Å². The van der Waals surface area contributed by atoms with Crippen LogP contribution in [-0.4, -0.2) is 58.3 Å². The zero-order valence-corrected chi connectivity index (χ0v) is 17.6. The Hall–Kier alpha value is -3.10. The van der Waals surface area contributed by atoms with Crippen LogP contribution < -0.4 is 14.8 Å². The van der Waals surface area contributed by atoms with E-state index in [4.69, 9.17) is 9.47 Å². The van der Waals surface area contributed by atoms with Crippen LogP contribution in [0.4, 0.5) is 0 Å². The Kier molecular flexibility index (Phi) is 5.61. The number of pyridine rings is 1. The van der Waals surface area contributed by atoms with Crippen molar-refractivity contribution >= 4 is 11.8 Å². The summed E-state index contributed by atoms with van der Waals surface area (Å²) in [5.74, 6) is 0.556. The number of nitrogens with zero attached hydrogens (tertiary/aromatic N) is 4. The number of carbonyl (C=O) groups is 2. The SMILES string of the molecule is COc1ccc(C(=O)N2CCc3c(c(CCC(=O)NC4CC4)nn3C)C2)c(OC)n1. The molecule has 1 N–H and O–H groups in total. The third kappa shape index (κ3) is 4.10. The first-order chi connectivity index (χ1) is 14.5. The summed E-state index contributed by atoms with van der Waals surface area (Å²) in [4.78, 5) is 31.3. The van der Waals surface area contributed by atoms with E-state index >= 15 is 0 Å². The van der Waals surface area contributed by atoms with Crippen LogP contribution in [0.25, 0.3) is 0 Å². The number of hydrogen-bond acceptors (Lipinski definition) is 6. The Morgan fingerprint density at radius 1 is 1.23 bits per heavy atom. The molecule has 0 saturated heterocycles. The van der Waals surface area contributed by atoms with Gasteiger partial charge in [-0.1, -0.05) is 0 Å². The van der Waals surface area contributed by atoms with Gasteiger partial charge in [0.1, 0.15) is 5.56 Å². The second-order valence-electron chi connectivity index (χ2n) is 7.72. The highest BCUT2D eigenvalue weighted by molar-refractivity contribution is 5.96. The molecule has 4 rings (SSSR count). The quantitative estimate of drug-likeness (QED) is 0.733. The first-order valence-electron chi connectivity index (χ1n) is 10.2. The number of methoxy groups -OCH3 is 2. The van der Waals surface area contributed by atoms with Gasteiger partial charge in [-0.15, -0.1) is 0 Å². The van der Waals surface area contributed by atoms with Gasteiger partial charge in [-0.2, -0.15) is 10.1 Å². The first kappa shape index (κ1) is 20.2. The Morgan fingerprint density at radius 3 is 2.73 bits per heavy atom. The van der Waals surface area contributed by atoms with E-state index in [1.165, 1.54) is 14.2 Å². The van der Waals surface area contributed by atoms with Crippen LogP contribution in [0.15, 0.2) is 12.1 Å². The van der Waals surface area contributed by atoms with Crippen molar-refractivity contribution in [3.8, 4) is 11.8 Å². The Balaban J connectivity index is 1.49. The number of nitrogens with one attached hydrogen (secondary N) is 1. The lowest BCUT2D eigenvalue weighted by Crippen LogP contribution is -2.36. The average molecular weight is 413 g/mol. The summed E-state index contributed by atoms with van der Waals surface area (Å²) in [6, 6.07) is 3.69. The van der Waals surface area contributed by atoms with E-state index in [1.807, 2.05) is 11.7 Å². The molecule has 1 fully saturated rings. The van der Waals surface area contributed by atoms with Crippen molar-refractivity contribution in [2.24, 2.45) is 7.05 Å². The number of fused-ring (bicyclic) bond motifs is 1. The fraction of sp³-hybridized carbons (Fsp3) is 0.524. The summed E-state index contributed by atoms with van der Waals surface area (Å²) in [7, 11) is 4.92. The maximum absolute atomic E-state index is 13.2. The van der Waals surface area contributed by atoms with Crippen LogP contribution in [0, 0.1) is 0 Å². The molecule has 160 valence electrons. The fourth-order valence-corrected chi connectivity index (χ4v) is 3.83. The average Bonchev–Trinajstić information content (AvgIpc) is 3.53. The molecule has 30 heavy (non-hydrogen) atoms. The molecule has 0 bridgehead atoms. The van der Waals surface area contributed by atoms with Crippen LogP contribution in [0.3, 0.4) is 0 Å². The highest BCUT2D eigenvalue weighted by Crippen LogP contribution is 2.27. The van der Waals surface area contributed by atoms with Crippen LogP contribution in [0.1, 0.15) is 46.6 Å². The van der Waals surface area contributed by atoms with Gasteiger partial charge in [0.25, 0.3) is 5.91 Å². The van der Waals surface area contributed by atoms with E-state index in [9.17, 15) is 9.59 Å². The van der Waals surface area contributed by atoms with Crippen LogP contribution in [0.2, 0.25) is 0 Å². The van der Waals surface area contributed by atoms with E-state index < -0.39 is 0 Å². The zero-order chi connectivity index (χ0) is 21.3. The molecule has 0 atom stereocenters. The molecule has 0 radical (unpaired) electrons. The van der Waals surface area contributed by atoms with Crippen molar-refractivity contribution in [2.75, 3.05) is 20.8 Å². The minimum Gasteiger partial charge on any atom is -0.481 e. The van der Waals surface area contributed by atoms with Crippen LogP contribution in [-0.2, 0) is 31.2 Å². The zero-order valence-electron chi connectivity index (χ0n) is 17.6. The van der Waals surface area contributed by atoms with Gasteiger partial charge in [0.2, 0.25) is 17.7 Å². The monoisotopic (exact) mass is 413 g/mol. The van der Waals surface area contributed by atoms with Gasteiger partial charge in [-0.3, -0.25) is 14.3 Å². The molecule has 9 nitrogen and oxygen atoms in total. The smallest absolute Gasteiger partial charge is 0.259 e. The van der Waals surface area contributed by atoms with E-state index in [2.05, 4.69) is 15.4 Å². The van der Waals surface area contributed by atoms with Gasteiger partial charge in [0, 0.05) is 62.8 Å². The maximum Gasteiger partial charge on any atom is 0.259 e. The molecule has 2 aliphatic rings. The molecule has 1 saturated carbocycles. The number of carbonyl (C=O) groups excluding carboxylic acids is 2. The van der Waals surface area contributed by atoms with E-state index in [1.54, 1.807) is 17.0 Å². The number of ether oxygens (including phenoxy) is 2. The molecular weight excluding hydrogens is 386 g/mol. The predicted molar refractivity (Wildman–Crippen MR) is 108 cm³/mol. The number of hydrogen-bond donors (Lipinski definition) is 1. The molecule has 0 spiro atoms. The summed E-state index contributed by atoms with van der Waals surface area (Å²) in [5.41, 5.74) is 3.44. The number of rotatable bonds is 7. The highest BCUT2D eigenvalue weighted by atomic mass is 16.5. The lowest BCUT2D eigenvalue weighted by atomic mass is 10.0. The van der Waals surface area contributed by atoms with Gasteiger partial charge in [0.15, 0.2) is 0 Å². The molecular formula is C21H27N5O4. The second kappa shape index (κ2) is 8.33. The van der Waals surface area contributed by atoms with E-state index in [0.717, 1.165) is 29.8 Å². The molecule has 1 aliphatic heterocycles. The first-order valence-corrected chi connectivity index (χ1v) is 10.2. The van der Waals surface area contributed by atoms with Crippen molar-refractivity contribution in [1.82, 2.24) is 25.0 Å². The largest absolute Gasteiger partial charge is 0.481 e. The summed E-state index contributed by atoms with van der Waals surface area (Å²) >= 11 is 0. The normalized spacial score (nSPS) is 15.5. The number of aromatic nitrogens is 3. The Labute approximate surface area is 175 Å². The third-order valence-corrected chi connectivity index (χ3v) is 5.61. The molecule has 3 heterocycles. The van der Waals surface area contributed by atoms with E-state index in [-0.39, 0.29) is 17.7 Å². The topological polar surface area (TPSA) is 98.6 Å². The predicted octanol–water partition coefficient (Wildman–Crippen LogP) is 1.24. The van der Waals surface area contributed by atoms with Crippen molar-refractivity contribution < 1.29 is 19.1 Å². The van der Waals surface area contributed by atoms with Crippen LogP contribution >= 0.6 is 0 Å². The maximum atomic E-state index is 13.2. The van der Waals surface area contributed by atoms with Gasteiger partial charge in [-0.25, -0.2) is 0 Å². The van der Waals surface area contributed by atoms with Gasteiger partial charge in [-0.05, 0) is 18.9 Å². The molecule has 2 aromatic rings. The Morgan fingerprint density at radius 2 is 2.03 bits per heavy atom. The lowest BCUT2D eigenvalue weighted by molar-refractivity contribution is -0.121. The summed E-state index contributed by atoms with van der Waals surface area (Å²) < 4.78 is 12.3.